The predicted molar refractivity (Wildman–Crippen MR) is 54.7 cm³/mol. The van der Waals surface area contributed by atoms with Crippen LogP contribution in [0, 0.1) is 5.92 Å². The van der Waals surface area contributed by atoms with Gasteiger partial charge < -0.3 is 10.3 Å². The summed E-state index contributed by atoms with van der Waals surface area (Å²) in [4.78, 5) is 0. The maximum Gasteiger partial charge on any atom is 0.133 e. The topological polar surface area (TPSA) is 56.7 Å². The van der Waals surface area contributed by atoms with Gasteiger partial charge in [0.05, 0.1) is 0 Å². The number of rotatable bonds is 5. The van der Waals surface area contributed by atoms with E-state index in [0.29, 0.717) is 0 Å². The lowest BCUT2D eigenvalue weighted by Gasteiger charge is -2.24. The molecule has 0 spiro atoms. The molecule has 2 N–H and O–H groups in total. The van der Waals surface area contributed by atoms with E-state index in [1.165, 1.54) is 19.3 Å². The van der Waals surface area contributed by atoms with Crippen LogP contribution in [0.25, 0.3) is 0 Å². The Balaban J connectivity index is 1.90. The van der Waals surface area contributed by atoms with Crippen LogP contribution in [0.3, 0.4) is 0 Å². The van der Waals surface area contributed by atoms with E-state index in [1.54, 1.807) is 0 Å². The first-order valence-corrected chi connectivity index (χ1v) is 5.47. The summed E-state index contributed by atoms with van der Waals surface area (Å²) in [6, 6.07) is 0. The highest BCUT2D eigenvalue weighted by Crippen LogP contribution is 2.29. The molecule has 0 atom stereocenters. The molecule has 1 aliphatic rings. The smallest absolute Gasteiger partial charge is 0.133 e. The minimum atomic E-state index is 0.737. The van der Waals surface area contributed by atoms with Gasteiger partial charge in [-0.3, -0.25) is 0 Å². The Kier molecular flexibility index (Phi) is 3.14. The molecule has 0 amide bonds. The lowest BCUT2D eigenvalue weighted by Crippen LogP contribution is -2.17. The molecule has 0 radical (unpaired) electrons. The molecule has 4 nitrogen and oxygen atoms in total. The van der Waals surface area contributed by atoms with Gasteiger partial charge in [0, 0.05) is 13.0 Å². The number of aromatic nitrogens is 3. The summed E-state index contributed by atoms with van der Waals surface area (Å²) < 4.78 is 2.14. The van der Waals surface area contributed by atoms with E-state index in [-0.39, 0.29) is 0 Å². The van der Waals surface area contributed by atoms with Gasteiger partial charge in [-0.2, -0.15) is 0 Å². The second kappa shape index (κ2) is 4.55. The molecule has 1 aliphatic carbocycles. The molecule has 78 valence electrons. The Morgan fingerprint density at radius 2 is 2.36 bits per heavy atom. The first-order valence-electron chi connectivity index (χ1n) is 5.47. The minimum Gasteiger partial charge on any atom is -0.330 e. The second-order valence-corrected chi connectivity index (χ2v) is 4.08. The number of nitrogens with zero attached hydrogens (tertiary/aromatic N) is 3. The molecule has 4 heteroatoms. The van der Waals surface area contributed by atoms with Crippen molar-refractivity contribution >= 4 is 0 Å². The van der Waals surface area contributed by atoms with Crippen molar-refractivity contribution < 1.29 is 0 Å². The van der Waals surface area contributed by atoms with Crippen molar-refractivity contribution in [1.82, 2.24) is 14.8 Å². The fourth-order valence-electron chi connectivity index (χ4n) is 1.84. The van der Waals surface area contributed by atoms with Crippen molar-refractivity contribution in [2.75, 3.05) is 6.54 Å². The number of nitrogens with two attached hydrogens (primary N) is 1. The average Bonchev–Trinajstić information content (AvgIpc) is 2.55. The molecule has 0 aliphatic heterocycles. The van der Waals surface area contributed by atoms with E-state index in [9.17, 15) is 0 Å². The molecule has 1 aromatic rings. The highest BCUT2D eigenvalue weighted by molar-refractivity contribution is 4.90. The van der Waals surface area contributed by atoms with Gasteiger partial charge in [0.2, 0.25) is 0 Å². The first kappa shape index (κ1) is 9.65. The Labute approximate surface area is 84.5 Å². The summed E-state index contributed by atoms with van der Waals surface area (Å²) in [6.45, 7) is 1.70. The van der Waals surface area contributed by atoms with Gasteiger partial charge >= 0.3 is 0 Å². The van der Waals surface area contributed by atoms with Crippen LogP contribution >= 0.6 is 0 Å². The van der Waals surface area contributed by atoms with E-state index >= 15 is 0 Å². The van der Waals surface area contributed by atoms with Crippen LogP contribution in [0.5, 0.6) is 0 Å². The lowest BCUT2D eigenvalue weighted by molar-refractivity contribution is 0.305. The monoisotopic (exact) mass is 194 g/mol. The zero-order valence-corrected chi connectivity index (χ0v) is 8.52. The molecule has 1 fully saturated rings. The molecular weight excluding hydrogens is 176 g/mol. The van der Waals surface area contributed by atoms with E-state index in [4.69, 9.17) is 5.73 Å². The molecule has 0 aromatic carbocycles. The van der Waals surface area contributed by atoms with Crippen LogP contribution in [0.2, 0.25) is 0 Å². The Morgan fingerprint density at radius 3 is 3.00 bits per heavy atom. The van der Waals surface area contributed by atoms with Crippen molar-refractivity contribution in [3.63, 3.8) is 0 Å². The molecule has 2 rings (SSSR count). The third-order valence-corrected chi connectivity index (χ3v) is 2.99. The molecule has 1 saturated carbocycles. The van der Waals surface area contributed by atoms with Crippen molar-refractivity contribution in [2.45, 2.75) is 38.6 Å². The largest absolute Gasteiger partial charge is 0.330 e. The van der Waals surface area contributed by atoms with Gasteiger partial charge in [0.25, 0.3) is 0 Å². The molecule has 0 unspecified atom stereocenters. The maximum absolute atomic E-state index is 5.48. The second-order valence-electron chi connectivity index (χ2n) is 4.08. The van der Waals surface area contributed by atoms with Crippen LogP contribution in [0.15, 0.2) is 6.33 Å². The highest BCUT2D eigenvalue weighted by Gasteiger charge is 2.20. The van der Waals surface area contributed by atoms with Crippen LogP contribution in [0.1, 0.15) is 31.5 Å². The van der Waals surface area contributed by atoms with Crippen LogP contribution in [-0.4, -0.2) is 21.3 Å². The fourth-order valence-corrected chi connectivity index (χ4v) is 1.84. The number of aryl methyl sites for hydroxylation is 1. The van der Waals surface area contributed by atoms with Gasteiger partial charge in [-0.15, -0.1) is 10.2 Å². The lowest BCUT2D eigenvalue weighted by atomic mass is 9.83. The van der Waals surface area contributed by atoms with Crippen molar-refractivity contribution in [3.05, 3.63) is 12.2 Å². The zero-order valence-electron chi connectivity index (χ0n) is 8.52. The van der Waals surface area contributed by atoms with E-state index in [2.05, 4.69) is 14.8 Å². The normalized spacial score (nSPS) is 16.9. The Bertz CT molecular complexity index is 277. The third kappa shape index (κ3) is 2.12. The Hall–Kier alpha value is -0.900. The van der Waals surface area contributed by atoms with Crippen molar-refractivity contribution in [3.8, 4) is 0 Å². The molecule has 1 aromatic heterocycles. The van der Waals surface area contributed by atoms with Crippen LogP contribution in [-0.2, 0) is 13.0 Å². The summed E-state index contributed by atoms with van der Waals surface area (Å²) in [6.07, 6.45) is 8.05. The average molecular weight is 194 g/mol. The minimum absolute atomic E-state index is 0.737. The van der Waals surface area contributed by atoms with Gasteiger partial charge in [-0.25, -0.2) is 0 Å². The summed E-state index contributed by atoms with van der Waals surface area (Å²) in [5.74, 6) is 2.00. The van der Waals surface area contributed by atoms with Crippen LogP contribution < -0.4 is 5.73 Å². The molecule has 14 heavy (non-hydrogen) atoms. The predicted octanol–water partition coefficient (Wildman–Crippen LogP) is 0.969. The SMILES string of the molecule is NCCCn1cnnc1CC1CCC1. The van der Waals surface area contributed by atoms with E-state index in [1.807, 2.05) is 6.33 Å². The highest BCUT2D eigenvalue weighted by atomic mass is 15.3. The van der Waals surface area contributed by atoms with Gasteiger partial charge in [0.15, 0.2) is 0 Å². The zero-order chi connectivity index (χ0) is 9.80. The summed E-state index contributed by atoms with van der Waals surface area (Å²) in [5, 5.41) is 8.12. The fraction of sp³-hybridized carbons (Fsp3) is 0.800. The number of hydrogen-bond donors (Lipinski definition) is 1. The summed E-state index contributed by atoms with van der Waals surface area (Å²) in [5.41, 5.74) is 5.48. The van der Waals surface area contributed by atoms with Crippen molar-refractivity contribution in [1.29, 1.82) is 0 Å². The quantitative estimate of drug-likeness (QED) is 0.760. The maximum atomic E-state index is 5.48. The summed E-state index contributed by atoms with van der Waals surface area (Å²) in [7, 11) is 0. The Morgan fingerprint density at radius 1 is 1.50 bits per heavy atom. The van der Waals surface area contributed by atoms with Gasteiger partial charge in [-0.1, -0.05) is 19.3 Å². The van der Waals surface area contributed by atoms with Crippen LogP contribution in [0.4, 0.5) is 0 Å². The van der Waals surface area contributed by atoms with Gasteiger partial charge in [-0.05, 0) is 18.9 Å². The molecule has 1 heterocycles. The van der Waals surface area contributed by atoms with Crippen molar-refractivity contribution in [2.24, 2.45) is 11.7 Å². The standard InChI is InChI=1S/C10H18N4/c11-5-2-6-14-8-12-13-10(14)7-9-3-1-4-9/h8-9H,1-7,11H2. The van der Waals surface area contributed by atoms with E-state index < -0.39 is 0 Å². The molecular formula is C10H18N4. The van der Waals surface area contributed by atoms with Gasteiger partial charge in [0.1, 0.15) is 12.2 Å². The molecule has 0 saturated heterocycles. The molecule has 0 bridgehead atoms. The number of hydrogen-bond acceptors (Lipinski definition) is 3. The first-order chi connectivity index (χ1) is 6.90. The summed E-state index contributed by atoms with van der Waals surface area (Å²) >= 11 is 0. The van der Waals surface area contributed by atoms with E-state index in [0.717, 1.165) is 37.7 Å². The third-order valence-electron chi connectivity index (χ3n) is 2.99.